The van der Waals surface area contributed by atoms with Crippen LogP contribution in [0.15, 0.2) is 28.7 Å². The lowest BCUT2D eigenvalue weighted by Crippen LogP contribution is -2.06. The van der Waals surface area contributed by atoms with Gasteiger partial charge in [0.1, 0.15) is 0 Å². The Morgan fingerprint density at radius 3 is 2.19 bits per heavy atom. The Bertz CT molecular complexity index is 425. The number of alkyl halides is 3. The van der Waals surface area contributed by atoms with Gasteiger partial charge in [-0.25, -0.2) is 0 Å². The van der Waals surface area contributed by atoms with Crippen LogP contribution in [0, 0.1) is 10.1 Å². The molecule has 1 rings (SSSR count). The van der Waals surface area contributed by atoms with Gasteiger partial charge in [-0.05, 0) is 39.7 Å². The highest BCUT2D eigenvalue weighted by molar-refractivity contribution is 9.11. The fraction of sp³-hybridized carbons (Fsp3) is 0.111. The number of non-ortho nitro benzene ring substituents is 1. The predicted octanol–water partition coefficient (Wildman–Crippen LogP) is 3.89. The average Bonchev–Trinajstić information content (AvgIpc) is 2.17. The van der Waals surface area contributed by atoms with Crippen LogP contribution in [0.4, 0.5) is 18.9 Å². The average molecular weight is 296 g/mol. The fourth-order valence-electron chi connectivity index (χ4n) is 0.920. The third-order valence-corrected chi connectivity index (χ3v) is 2.35. The molecular formula is C9H5BrF3NO2. The molecule has 0 atom stereocenters. The molecule has 1 aromatic rings. The van der Waals surface area contributed by atoms with Crippen LogP contribution in [0.2, 0.25) is 0 Å². The molecule has 0 radical (unpaired) electrons. The molecule has 0 heterocycles. The Morgan fingerprint density at radius 2 is 1.81 bits per heavy atom. The minimum absolute atomic E-state index is 0.166. The van der Waals surface area contributed by atoms with Gasteiger partial charge in [0.25, 0.3) is 5.69 Å². The van der Waals surface area contributed by atoms with Crippen LogP contribution in [-0.2, 0) is 0 Å². The summed E-state index contributed by atoms with van der Waals surface area (Å²) in [6.45, 7) is 0. The number of halogens is 4. The second kappa shape index (κ2) is 4.65. The molecule has 0 spiro atoms. The van der Waals surface area contributed by atoms with Crippen molar-refractivity contribution in [3.63, 3.8) is 0 Å². The van der Waals surface area contributed by atoms with Crippen molar-refractivity contribution in [3.8, 4) is 0 Å². The van der Waals surface area contributed by atoms with Gasteiger partial charge in [-0.15, -0.1) is 0 Å². The van der Waals surface area contributed by atoms with Gasteiger partial charge in [0.05, 0.1) is 9.41 Å². The molecule has 86 valence electrons. The van der Waals surface area contributed by atoms with E-state index in [2.05, 4.69) is 15.9 Å². The first-order valence-electron chi connectivity index (χ1n) is 3.99. The molecule has 0 aliphatic rings. The van der Waals surface area contributed by atoms with Crippen LogP contribution in [-0.4, -0.2) is 11.1 Å². The lowest BCUT2D eigenvalue weighted by molar-refractivity contribution is -0.384. The Hall–Kier alpha value is -1.37. The summed E-state index contributed by atoms with van der Waals surface area (Å²) in [5.74, 6) is 0. The SMILES string of the molecule is O=[N+]([O-])c1ccc(/C=C(/Br)C(F)(F)F)cc1. The molecule has 3 nitrogen and oxygen atoms in total. The quantitative estimate of drug-likeness (QED) is 0.613. The lowest BCUT2D eigenvalue weighted by Gasteiger charge is -2.04. The van der Waals surface area contributed by atoms with Gasteiger partial charge in [-0.2, -0.15) is 13.2 Å². The van der Waals surface area contributed by atoms with E-state index in [0.29, 0.717) is 0 Å². The predicted molar refractivity (Wildman–Crippen MR) is 56.1 cm³/mol. The first-order valence-corrected chi connectivity index (χ1v) is 4.79. The van der Waals surface area contributed by atoms with Gasteiger partial charge in [0.2, 0.25) is 0 Å². The largest absolute Gasteiger partial charge is 0.422 e. The standard InChI is InChI=1S/C9H5BrF3NO2/c10-8(9(11,12)13)5-6-1-3-7(4-2-6)14(15)16/h1-5H/b8-5+. The molecule has 0 bridgehead atoms. The number of nitro groups is 1. The maximum absolute atomic E-state index is 12.1. The summed E-state index contributed by atoms with van der Waals surface area (Å²) in [4.78, 5) is 9.68. The summed E-state index contributed by atoms with van der Waals surface area (Å²) in [6, 6.07) is 4.77. The highest BCUT2D eigenvalue weighted by atomic mass is 79.9. The van der Waals surface area contributed by atoms with Crippen LogP contribution in [0.25, 0.3) is 6.08 Å². The van der Waals surface area contributed by atoms with Crippen LogP contribution < -0.4 is 0 Å². The zero-order chi connectivity index (χ0) is 12.3. The number of allylic oxidation sites excluding steroid dienone is 1. The molecule has 0 saturated carbocycles. The van der Waals surface area contributed by atoms with Crippen molar-refractivity contribution < 1.29 is 18.1 Å². The monoisotopic (exact) mass is 295 g/mol. The van der Waals surface area contributed by atoms with Crippen molar-refractivity contribution in [2.24, 2.45) is 0 Å². The van der Waals surface area contributed by atoms with Crippen LogP contribution in [0.1, 0.15) is 5.56 Å². The zero-order valence-corrected chi connectivity index (χ0v) is 9.25. The molecule has 0 amide bonds. The minimum Gasteiger partial charge on any atom is -0.258 e. The number of hydrogen-bond acceptors (Lipinski definition) is 2. The van der Waals surface area contributed by atoms with E-state index in [1.165, 1.54) is 12.1 Å². The summed E-state index contributed by atoms with van der Waals surface area (Å²) < 4.78 is 35.4. The van der Waals surface area contributed by atoms with Gasteiger partial charge in [-0.1, -0.05) is 0 Å². The van der Waals surface area contributed by atoms with E-state index in [4.69, 9.17) is 0 Å². The normalized spacial score (nSPS) is 12.6. The maximum atomic E-state index is 12.1. The molecule has 16 heavy (non-hydrogen) atoms. The molecule has 0 aliphatic carbocycles. The van der Waals surface area contributed by atoms with E-state index in [9.17, 15) is 23.3 Å². The third-order valence-electron chi connectivity index (χ3n) is 1.67. The number of hydrogen-bond donors (Lipinski definition) is 0. The first-order chi connectivity index (χ1) is 7.30. The van der Waals surface area contributed by atoms with Gasteiger partial charge in [0, 0.05) is 12.1 Å². The fourth-order valence-corrected chi connectivity index (χ4v) is 1.18. The van der Waals surface area contributed by atoms with E-state index >= 15 is 0 Å². The lowest BCUT2D eigenvalue weighted by atomic mass is 10.2. The topological polar surface area (TPSA) is 43.1 Å². The Kier molecular flexibility index (Phi) is 3.69. The number of rotatable bonds is 2. The van der Waals surface area contributed by atoms with E-state index in [1.54, 1.807) is 0 Å². The summed E-state index contributed by atoms with van der Waals surface area (Å²) in [5, 5.41) is 10.3. The van der Waals surface area contributed by atoms with Crippen molar-refractivity contribution in [3.05, 3.63) is 44.4 Å². The second-order valence-electron chi connectivity index (χ2n) is 2.84. The summed E-state index contributed by atoms with van der Waals surface area (Å²) in [5.41, 5.74) is 0.0649. The Balaban J connectivity index is 2.96. The smallest absolute Gasteiger partial charge is 0.258 e. The molecule has 0 unspecified atom stereocenters. The van der Waals surface area contributed by atoms with Gasteiger partial charge in [-0.3, -0.25) is 10.1 Å². The van der Waals surface area contributed by atoms with Crippen molar-refractivity contribution in [1.82, 2.24) is 0 Å². The zero-order valence-electron chi connectivity index (χ0n) is 7.66. The summed E-state index contributed by atoms with van der Waals surface area (Å²) >= 11 is 2.38. The number of nitrogens with zero attached hydrogens (tertiary/aromatic N) is 1. The van der Waals surface area contributed by atoms with Gasteiger partial charge >= 0.3 is 6.18 Å². The Labute approximate surface area is 96.9 Å². The van der Waals surface area contributed by atoms with Gasteiger partial charge < -0.3 is 0 Å². The van der Waals surface area contributed by atoms with E-state index in [0.717, 1.165) is 18.2 Å². The molecule has 0 aliphatic heterocycles. The Morgan fingerprint density at radius 1 is 1.31 bits per heavy atom. The van der Waals surface area contributed by atoms with Crippen molar-refractivity contribution in [2.75, 3.05) is 0 Å². The molecule has 1 aromatic carbocycles. The van der Waals surface area contributed by atoms with Crippen molar-refractivity contribution >= 4 is 27.7 Å². The minimum atomic E-state index is -4.46. The first kappa shape index (κ1) is 12.7. The van der Waals surface area contributed by atoms with E-state index < -0.39 is 15.6 Å². The molecule has 0 aromatic heterocycles. The molecule has 0 N–H and O–H groups in total. The highest BCUT2D eigenvalue weighted by Gasteiger charge is 2.31. The third kappa shape index (κ3) is 3.34. The van der Waals surface area contributed by atoms with Crippen LogP contribution in [0.3, 0.4) is 0 Å². The van der Waals surface area contributed by atoms with E-state index in [-0.39, 0.29) is 11.3 Å². The van der Waals surface area contributed by atoms with Gasteiger partial charge in [0.15, 0.2) is 0 Å². The van der Waals surface area contributed by atoms with Crippen LogP contribution >= 0.6 is 15.9 Å². The molecule has 0 fully saturated rings. The molecule has 7 heteroatoms. The summed E-state index contributed by atoms with van der Waals surface area (Å²) in [6.07, 6.45) is -3.61. The molecular weight excluding hydrogens is 291 g/mol. The number of nitro benzene ring substituents is 1. The highest BCUT2D eigenvalue weighted by Crippen LogP contribution is 2.32. The van der Waals surface area contributed by atoms with Crippen LogP contribution in [0.5, 0.6) is 0 Å². The van der Waals surface area contributed by atoms with Crippen molar-refractivity contribution in [2.45, 2.75) is 6.18 Å². The maximum Gasteiger partial charge on any atom is 0.422 e. The van der Waals surface area contributed by atoms with E-state index in [1.807, 2.05) is 0 Å². The number of benzene rings is 1. The molecule has 0 saturated heterocycles. The van der Waals surface area contributed by atoms with Crippen molar-refractivity contribution in [1.29, 1.82) is 0 Å². The second-order valence-corrected chi connectivity index (χ2v) is 3.69. The summed E-state index contributed by atoms with van der Waals surface area (Å²) in [7, 11) is 0.